The van der Waals surface area contributed by atoms with Gasteiger partial charge in [0.05, 0.1) is 13.0 Å². The molecule has 1 saturated heterocycles. The molecule has 0 aromatic carbocycles. The summed E-state index contributed by atoms with van der Waals surface area (Å²) < 4.78 is 15.8. The summed E-state index contributed by atoms with van der Waals surface area (Å²) in [7, 11) is 1.59. The Morgan fingerprint density at radius 2 is 2.09 bits per heavy atom. The van der Waals surface area contributed by atoms with Crippen molar-refractivity contribution < 1.29 is 19.0 Å². The highest BCUT2D eigenvalue weighted by molar-refractivity contribution is 6.01. The van der Waals surface area contributed by atoms with E-state index >= 15 is 0 Å². The molecule has 0 spiro atoms. The van der Waals surface area contributed by atoms with Gasteiger partial charge in [-0.15, -0.1) is 0 Å². The molecule has 2 N–H and O–H groups in total. The third-order valence-electron chi connectivity index (χ3n) is 4.18. The first-order valence-electron chi connectivity index (χ1n) is 7.85. The summed E-state index contributed by atoms with van der Waals surface area (Å²) in [4.78, 5) is 22.6. The second-order valence-electron chi connectivity index (χ2n) is 5.77. The van der Waals surface area contributed by atoms with Crippen molar-refractivity contribution >= 4 is 17.5 Å². The molecule has 2 aliphatic rings. The highest BCUT2D eigenvalue weighted by atomic mass is 16.5. The van der Waals surface area contributed by atoms with Crippen LogP contribution in [-0.2, 0) is 20.7 Å². The molecule has 8 heteroatoms. The van der Waals surface area contributed by atoms with Gasteiger partial charge in [-0.3, -0.25) is 9.69 Å². The van der Waals surface area contributed by atoms with E-state index < -0.39 is 0 Å². The van der Waals surface area contributed by atoms with Gasteiger partial charge in [0.2, 0.25) is 5.91 Å². The van der Waals surface area contributed by atoms with E-state index in [4.69, 9.17) is 19.9 Å². The van der Waals surface area contributed by atoms with Gasteiger partial charge in [0.1, 0.15) is 18.2 Å². The zero-order chi connectivity index (χ0) is 16.2. The Morgan fingerprint density at radius 1 is 1.30 bits per heavy atom. The summed E-state index contributed by atoms with van der Waals surface area (Å²) in [5, 5.41) is 0. The number of carbonyl (C=O) groups is 1. The number of methoxy groups -OCH3 is 1. The maximum Gasteiger partial charge on any atom is 0.320 e. The zero-order valence-corrected chi connectivity index (χ0v) is 13.3. The predicted molar refractivity (Wildman–Crippen MR) is 83.4 cm³/mol. The molecule has 0 aliphatic carbocycles. The van der Waals surface area contributed by atoms with Crippen molar-refractivity contribution in [2.45, 2.75) is 19.3 Å². The van der Waals surface area contributed by atoms with E-state index in [0.29, 0.717) is 42.9 Å². The monoisotopic (exact) mass is 322 g/mol. The largest absolute Gasteiger partial charge is 0.461 e. The fraction of sp³-hybridized carbons (Fsp3) is 0.667. The summed E-state index contributed by atoms with van der Waals surface area (Å²) in [6.07, 6.45) is 2.16. The van der Waals surface area contributed by atoms with E-state index in [1.807, 2.05) is 0 Å². The first-order chi connectivity index (χ1) is 11.2. The van der Waals surface area contributed by atoms with E-state index in [9.17, 15) is 4.79 Å². The van der Waals surface area contributed by atoms with E-state index in [1.165, 1.54) is 0 Å². The Bertz CT molecular complexity index is 575. The van der Waals surface area contributed by atoms with E-state index in [1.54, 1.807) is 12.0 Å². The molecule has 1 amide bonds. The Balaban J connectivity index is 1.77. The molecule has 0 bridgehead atoms. The zero-order valence-electron chi connectivity index (χ0n) is 13.3. The summed E-state index contributed by atoms with van der Waals surface area (Å²) in [5.74, 6) is 1.33. The van der Waals surface area contributed by atoms with Crippen molar-refractivity contribution in [2.24, 2.45) is 5.92 Å². The van der Waals surface area contributed by atoms with Gasteiger partial charge in [-0.05, 0) is 18.8 Å². The summed E-state index contributed by atoms with van der Waals surface area (Å²) in [6.45, 7) is 2.91. The molecule has 126 valence electrons. The van der Waals surface area contributed by atoms with Gasteiger partial charge >= 0.3 is 6.01 Å². The lowest BCUT2D eigenvalue weighted by Crippen LogP contribution is -2.35. The molecule has 1 fully saturated rings. The summed E-state index contributed by atoms with van der Waals surface area (Å²) in [6, 6.07) is 0.185. The first-order valence-corrected chi connectivity index (χ1v) is 7.85. The second kappa shape index (κ2) is 7.10. The molecule has 23 heavy (non-hydrogen) atoms. The molecular weight excluding hydrogens is 300 g/mol. The Morgan fingerprint density at radius 3 is 2.83 bits per heavy atom. The second-order valence-corrected chi connectivity index (χ2v) is 5.77. The molecular formula is C15H22N4O4. The number of rotatable bonds is 6. The van der Waals surface area contributed by atoms with Crippen LogP contribution in [0.2, 0.25) is 0 Å². The number of anilines is 2. The van der Waals surface area contributed by atoms with Gasteiger partial charge in [0, 0.05) is 32.4 Å². The van der Waals surface area contributed by atoms with Gasteiger partial charge in [-0.25, -0.2) is 0 Å². The van der Waals surface area contributed by atoms with Crippen LogP contribution in [0.3, 0.4) is 0 Å². The molecule has 3 rings (SSSR count). The maximum absolute atomic E-state index is 12.3. The van der Waals surface area contributed by atoms with Crippen molar-refractivity contribution in [3.05, 3.63) is 5.56 Å². The van der Waals surface area contributed by atoms with Crippen molar-refractivity contribution in [3.63, 3.8) is 0 Å². The van der Waals surface area contributed by atoms with Crippen molar-refractivity contribution in [1.82, 2.24) is 9.97 Å². The van der Waals surface area contributed by atoms with Crippen LogP contribution in [0.4, 0.5) is 11.6 Å². The first kappa shape index (κ1) is 15.9. The fourth-order valence-corrected chi connectivity index (χ4v) is 2.88. The van der Waals surface area contributed by atoms with Gasteiger partial charge in [0.25, 0.3) is 0 Å². The highest BCUT2D eigenvalue weighted by Gasteiger charge is 2.34. The van der Waals surface area contributed by atoms with Crippen LogP contribution in [0.15, 0.2) is 0 Å². The predicted octanol–water partition coefficient (Wildman–Crippen LogP) is 0.400. The number of carbonyl (C=O) groups excluding carboxylic acids is 1. The van der Waals surface area contributed by atoms with Crippen LogP contribution in [0, 0.1) is 5.92 Å². The summed E-state index contributed by atoms with van der Waals surface area (Å²) in [5.41, 5.74) is 6.67. The molecule has 0 saturated carbocycles. The molecule has 8 nitrogen and oxygen atoms in total. The van der Waals surface area contributed by atoms with E-state index in [0.717, 1.165) is 26.1 Å². The van der Waals surface area contributed by atoms with Crippen molar-refractivity contribution in [3.8, 4) is 6.01 Å². The third kappa shape index (κ3) is 3.53. The lowest BCUT2D eigenvalue weighted by Gasteiger charge is -2.27. The van der Waals surface area contributed by atoms with E-state index in [2.05, 4.69) is 9.97 Å². The van der Waals surface area contributed by atoms with Crippen LogP contribution in [0.5, 0.6) is 6.01 Å². The lowest BCUT2D eigenvalue weighted by molar-refractivity contribution is -0.117. The maximum atomic E-state index is 12.3. The minimum Gasteiger partial charge on any atom is -0.461 e. The SMILES string of the molecule is COCCOc1nc(N)c2c(n1)N(CC1CCOCC1)C(=O)C2. The Labute approximate surface area is 134 Å². The minimum atomic E-state index is 0.0153. The van der Waals surface area contributed by atoms with Crippen molar-refractivity contribution in [2.75, 3.05) is 50.7 Å². The van der Waals surface area contributed by atoms with Crippen LogP contribution >= 0.6 is 0 Å². The number of ether oxygens (including phenoxy) is 3. The lowest BCUT2D eigenvalue weighted by atomic mass is 10.00. The molecule has 0 radical (unpaired) electrons. The van der Waals surface area contributed by atoms with Gasteiger partial charge in [0.15, 0.2) is 0 Å². The number of hydrogen-bond acceptors (Lipinski definition) is 7. The van der Waals surface area contributed by atoms with Crippen molar-refractivity contribution in [1.29, 1.82) is 0 Å². The third-order valence-corrected chi connectivity index (χ3v) is 4.18. The molecule has 0 unspecified atom stereocenters. The van der Waals surface area contributed by atoms with Crippen LogP contribution < -0.4 is 15.4 Å². The van der Waals surface area contributed by atoms with Gasteiger partial charge in [-0.1, -0.05) is 0 Å². The number of nitrogens with two attached hydrogens (primary N) is 1. The normalized spacial score (nSPS) is 18.3. The Hall–Kier alpha value is -1.93. The minimum absolute atomic E-state index is 0.0153. The number of hydrogen-bond donors (Lipinski definition) is 1. The molecule has 0 atom stereocenters. The molecule has 1 aromatic heterocycles. The average molecular weight is 322 g/mol. The quantitative estimate of drug-likeness (QED) is 0.757. The molecule has 1 aromatic rings. The number of fused-ring (bicyclic) bond motifs is 1. The fourth-order valence-electron chi connectivity index (χ4n) is 2.88. The smallest absolute Gasteiger partial charge is 0.320 e. The highest BCUT2D eigenvalue weighted by Crippen LogP contribution is 2.33. The standard InChI is InChI=1S/C15H22N4O4/c1-21-6-7-23-15-17-13(16)11-8-12(20)19(14(11)18-15)9-10-2-4-22-5-3-10/h10H,2-9H2,1H3,(H2,16,17,18). The average Bonchev–Trinajstić information content (AvgIpc) is 2.86. The van der Waals surface area contributed by atoms with Crippen LogP contribution in [-0.4, -0.2) is 56.0 Å². The molecule has 3 heterocycles. The van der Waals surface area contributed by atoms with Gasteiger partial charge in [-0.2, -0.15) is 9.97 Å². The number of nitrogens with zero attached hydrogens (tertiary/aromatic N) is 3. The van der Waals surface area contributed by atoms with Crippen LogP contribution in [0.1, 0.15) is 18.4 Å². The number of aromatic nitrogens is 2. The van der Waals surface area contributed by atoms with Gasteiger partial charge < -0.3 is 19.9 Å². The Kier molecular flexibility index (Phi) is 4.92. The van der Waals surface area contributed by atoms with Crippen LogP contribution in [0.25, 0.3) is 0 Å². The van der Waals surface area contributed by atoms with E-state index in [-0.39, 0.29) is 18.3 Å². The number of nitrogen functional groups attached to an aromatic ring is 1. The topological polar surface area (TPSA) is 99.8 Å². The summed E-state index contributed by atoms with van der Waals surface area (Å²) >= 11 is 0. The number of amides is 1. The molecule has 2 aliphatic heterocycles.